The number of nitrogens with one attached hydrogen (secondary N) is 1. The third-order valence-electron chi connectivity index (χ3n) is 5.12. The van der Waals surface area contributed by atoms with Crippen LogP contribution in [0.2, 0.25) is 0 Å². The second kappa shape index (κ2) is 8.53. The molecule has 7 heteroatoms. The number of nitrogens with zero attached hydrogens (tertiary/aromatic N) is 3. The lowest BCUT2D eigenvalue weighted by atomic mass is 10.2. The number of carbonyl (C=O) groups excluding carboxylic acids is 1. The van der Waals surface area contributed by atoms with Crippen LogP contribution in [0.3, 0.4) is 0 Å². The van der Waals surface area contributed by atoms with Gasteiger partial charge in [-0.3, -0.25) is 4.79 Å². The van der Waals surface area contributed by atoms with Crippen LogP contribution in [0, 0.1) is 11.6 Å². The first kappa shape index (κ1) is 19.3. The number of likely N-dealkylation sites (tertiary alicyclic amines) is 1. The Bertz CT molecular complexity index is 969. The molecule has 1 aromatic heterocycles. The van der Waals surface area contributed by atoms with Crippen molar-refractivity contribution in [3.8, 4) is 0 Å². The van der Waals surface area contributed by atoms with Crippen molar-refractivity contribution in [1.82, 2.24) is 19.8 Å². The van der Waals surface area contributed by atoms with Gasteiger partial charge < -0.3 is 14.8 Å². The van der Waals surface area contributed by atoms with E-state index in [1.807, 2.05) is 18.2 Å². The predicted molar refractivity (Wildman–Crippen MR) is 105 cm³/mol. The fourth-order valence-electron chi connectivity index (χ4n) is 3.65. The molecular formula is C22H22F2N4O. The average molecular weight is 396 g/mol. The summed E-state index contributed by atoms with van der Waals surface area (Å²) in [5, 5.41) is 3.30. The topological polar surface area (TPSA) is 50.2 Å². The van der Waals surface area contributed by atoms with Crippen molar-refractivity contribution < 1.29 is 13.6 Å². The minimum Gasteiger partial charge on any atom is -0.337 e. The Morgan fingerprint density at radius 1 is 1.03 bits per heavy atom. The van der Waals surface area contributed by atoms with Crippen LogP contribution in [0.25, 0.3) is 0 Å². The van der Waals surface area contributed by atoms with Gasteiger partial charge in [0, 0.05) is 38.4 Å². The van der Waals surface area contributed by atoms with E-state index in [-0.39, 0.29) is 18.5 Å². The fraction of sp³-hybridized carbons (Fsp3) is 0.273. The number of carbonyl (C=O) groups is 1. The summed E-state index contributed by atoms with van der Waals surface area (Å²) >= 11 is 0. The predicted octanol–water partition coefficient (Wildman–Crippen LogP) is 3.10. The number of halogens is 2. The van der Waals surface area contributed by atoms with Crippen LogP contribution >= 0.6 is 0 Å². The summed E-state index contributed by atoms with van der Waals surface area (Å²) < 4.78 is 28.8. The molecule has 1 aliphatic heterocycles. The maximum atomic E-state index is 13.4. The molecule has 2 heterocycles. The Morgan fingerprint density at radius 3 is 2.55 bits per heavy atom. The van der Waals surface area contributed by atoms with Gasteiger partial charge in [0.1, 0.15) is 11.6 Å². The number of hydrogen-bond donors (Lipinski definition) is 1. The van der Waals surface area contributed by atoms with E-state index in [4.69, 9.17) is 0 Å². The standard InChI is InChI=1S/C22H22F2N4O/c23-18-8-17(9-19(24)10-18)14-27-7-6-21(22(27)29)26-12-20-11-25-15-28(20)13-16-4-2-1-3-5-16/h1-5,8-11,15,21,26H,6-7,12-14H2/t21-/m0/s1. The van der Waals surface area contributed by atoms with Gasteiger partial charge in [-0.2, -0.15) is 0 Å². The van der Waals surface area contributed by atoms with Crippen molar-refractivity contribution in [2.24, 2.45) is 0 Å². The van der Waals surface area contributed by atoms with E-state index in [0.717, 1.165) is 11.8 Å². The normalized spacial score (nSPS) is 16.6. The lowest BCUT2D eigenvalue weighted by Gasteiger charge is -2.18. The smallest absolute Gasteiger partial charge is 0.240 e. The molecule has 0 unspecified atom stereocenters. The first-order valence-electron chi connectivity index (χ1n) is 9.58. The zero-order valence-electron chi connectivity index (χ0n) is 15.9. The van der Waals surface area contributed by atoms with Crippen LogP contribution in [0.5, 0.6) is 0 Å². The Kier molecular flexibility index (Phi) is 5.67. The molecule has 2 aromatic carbocycles. The summed E-state index contributed by atoms with van der Waals surface area (Å²) in [5.74, 6) is -1.32. The lowest BCUT2D eigenvalue weighted by molar-refractivity contribution is -0.130. The molecule has 0 spiro atoms. The van der Waals surface area contributed by atoms with E-state index in [1.54, 1.807) is 17.4 Å². The van der Waals surface area contributed by atoms with Crippen molar-refractivity contribution in [3.05, 3.63) is 89.5 Å². The maximum absolute atomic E-state index is 13.4. The second-order valence-electron chi connectivity index (χ2n) is 7.26. The Hall–Kier alpha value is -3.06. The first-order valence-corrected chi connectivity index (χ1v) is 9.58. The van der Waals surface area contributed by atoms with Gasteiger partial charge in [-0.15, -0.1) is 0 Å². The molecule has 3 aromatic rings. The molecule has 0 radical (unpaired) electrons. The molecule has 0 aliphatic carbocycles. The number of hydrogen-bond acceptors (Lipinski definition) is 3. The number of imidazole rings is 1. The zero-order chi connectivity index (χ0) is 20.2. The van der Waals surface area contributed by atoms with Crippen molar-refractivity contribution >= 4 is 5.91 Å². The van der Waals surface area contributed by atoms with Crippen LogP contribution in [0.15, 0.2) is 61.1 Å². The number of benzene rings is 2. The van der Waals surface area contributed by atoms with Gasteiger partial charge >= 0.3 is 0 Å². The lowest BCUT2D eigenvalue weighted by Crippen LogP contribution is -2.38. The Labute approximate surface area is 168 Å². The molecule has 0 bridgehead atoms. The third-order valence-corrected chi connectivity index (χ3v) is 5.12. The maximum Gasteiger partial charge on any atom is 0.240 e. The Balaban J connectivity index is 1.34. The largest absolute Gasteiger partial charge is 0.337 e. The SMILES string of the molecule is O=C1[C@@H](NCc2cncn2Cc2ccccc2)CCN1Cc1cc(F)cc(F)c1. The molecule has 1 fully saturated rings. The van der Waals surface area contributed by atoms with Crippen LogP contribution in [0.4, 0.5) is 8.78 Å². The number of amides is 1. The van der Waals surface area contributed by atoms with Crippen LogP contribution in [0.1, 0.15) is 23.2 Å². The van der Waals surface area contributed by atoms with Crippen molar-refractivity contribution in [2.75, 3.05) is 6.54 Å². The highest BCUT2D eigenvalue weighted by atomic mass is 19.1. The van der Waals surface area contributed by atoms with Crippen molar-refractivity contribution in [2.45, 2.75) is 32.1 Å². The van der Waals surface area contributed by atoms with Crippen LogP contribution < -0.4 is 5.32 Å². The van der Waals surface area contributed by atoms with E-state index in [2.05, 4.69) is 27.0 Å². The summed E-state index contributed by atoms with van der Waals surface area (Å²) in [5.41, 5.74) is 2.63. The fourth-order valence-corrected chi connectivity index (χ4v) is 3.65. The first-order chi connectivity index (χ1) is 14.1. The highest BCUT2D eigenvalue weighted by Crippen LogP contribution is 2.17. The molecule has 1 atom stereocenters. The van der Waals surface area contributed by atoms with Gasteiger partial charge in [0.05, 0.1) is 18.1 Å². The summed E-state index contributed by atoms with van der Waals surface area (Å²) in [4.78, 5) is 18.5. The third kappa shape index (κ3) is 4.68. The zero-order valence-corrected chi connectivity index (χ0v) is 15.9. The van der Waals surface area contributed by atoms with Crippen molar-refractivity contribution in [3.63, 3.8) is 0 Å². The van der Waals surface area contributed by atoms with E-state index < -0.39 is 11.6 Å². The van der Waals surface area contributed by atoms with Gasteiger partial charge in [-0.25, -0.2) is 13.8 Å². The molecule has 1 saturated heterocycles. The summed E-state index contributed by atoms with van der Waals surface area (Å²) in [6.07, 6.45) is 4.23. The van der Waals surface area contributed by atoms with E-state index in [9.17, 15) is 13.6 Å². The van der Waals surface area contributed by atoms with Gasteiger partial charge in [-0.1, -0.05) is 30.3 Å². The van der Waals surface area contributed by atoms with Crippen LogP contribution in [-0.2, 0) is 24.4 Å². The van der Waals surface area contributed by atoms with Crippen molar-refractivity contribution in [1.29, 1.82) is 0 Å². The number of aromatic nitrogens is 2. The van der Waals surface area contributed by atoms with Gasteiger partial charge in [0.25, 0.3) is 0 Å². The summed E-state index contributed by atoms with van der Waals surface area (Å²) in [6, 6.07) is 13.1. The average Bonchev–Trinajstić information content (AvgIpc) is 3.27. The highest BCUT2D eigenvalue weighted by Gasteiger charge is 2.31. The summed E-state index contributed by atoms with van der Waals surface area (Å²) in [6.45, 7) is 1.99. The second-order valence-corrected chi connectivity index (χ2v) is 7.26. The Morgan fingerprint density at radius 2 is 1.79 bits per heavy atom. The molecule has 150 valence electrons. The molecule has 29 heavy (non-hydrogen) atoms. The monoisotopic (exact) mass is 396 g/mol. The van der Waals surface area contributed by atoms with Gasteiger partial charge in [0.2, 0.25) is 5.91 Å². The van der Waals surface area contributed by atoms with E-state index in [0.29, 0.717) is 31.6 Å². The minimum atomic E-state index is -0.631. The van der Waals surface area contributed by atoms with Gasteiger partial charge in [0.15, 0.2) is 0 Å². The molecule has 4 rings (SSSR count). The minimum absolute atomic E-state index is 0.0520. The molecule has 1 aliphatic rings. The molecule has 5 nitrogen and oxygen atoms in total. The highest BCUT2D eigenvalue weighted by molar-refractivity contribution is 5.83. The quantitative estimate of drug-likeness (QED) is 0.668. The molecular weight excluding hydrogens is 374 g/mol. The van der Waals surface area contributed by atoms with E-state index in [1.165, 1.54) is 17.7 Å². The molecule has 1 amide bonds. The number of rotatable bonds is 7. The van der Waals surface area contributed by atoms with Crippen LogP contribution in [-0.4, -0.2) is 32.9 Å². The molecule has 0 saturated carbocycles. The van der Waals surface area contributed by atoms with Gasteiger partial charge in [-0.05, 0) is 29.7 Å². The molecule has 1 N–H and O–H groups in total. The summed E-state index contributed by atoms with van der Waals surface area (Å²) in [7, 11) is 0. The van der Waals surface area contributed by atoms with E-state index >= 15 is 0 Å².